The first-order valence-corrected chi connectivity index (χ1v) is 16.4. The molecule has 0 aromatic heterocycles. The summed E-state index contributed by atoms with van der Waals surface area (Å²) in [6.45, 7) is 7.13. The SMILES string of the molecule is Cc1cc2c(cc1N(c1ccccc1)c1cc3c(cc1-c1cccc4c1CCCC4)-c1ccccc1C3(C)C)CCCC2. The Hall–Kier alpha value is -4.10. The third kappa shape index (κ3) is 4.27. The number of benzene rings is 5. The van der Waals surface area contributed by atoms with Gasteiger partial charge in [0.15, 0.2) is 0 Å². The van der Waals surface area contributed by atoms with Gasteiger partial charge in [-0.15, -0.1) is 0 Å². The first-order chi connectivity index (χ1) is 21.0. The van der Waals surface area contributed by atoms with Crippen LogP contribution >= 0.6 is 0 Å². The number of hydrogen-bond donors (Lipinski definition) is 0. The summed E-state index contributed by atoms with van der Waals surface area (Å²) >= 11 is 0. The van der Waals surface area contributed by atoms with E-state index in [1.165, 1.54) is 112 Å². The highest BCUT2D eigenvalue weighted by atomic mass is 15.1. The minimum absolute atomic E-state index is 0.0669. The van der Waals surface area contributed by atoms with Crippen LogP contribution in [-0.2, 0) is 31.1 Å². The van der Waals surface area contributed by atoms with Crippen LogP contribution in [0.2, 0.25) is 0 Å². The Morgan fingerprint density at radius 1 is 0.512 bits per heavy atom. The third-order valence-corrected chi connectivity index (χ3v) is 10.5. The van der Waals surface area contributed by atoms with E-state index in [-0.39, 0.29) is 5.41 Å². The minimum Gasteiger partial charge on any atom is -0.310 e. The molecular formula is C42H41N. The fraction of sp³-hybridized carbons (Fsp3) is 0.286. The van der Waals surface area contributed by atoms with E-state index in [9.17, 15) is 0 Å². The second-order valence-electron chi connectivity index (χ2n) is 13.5. The van der Waals surface area contributed by atoms with E-state index >= 15 is 0 Å². The monoisotopic (exact) mass is 559 g/mol. The maximum Gasteiger partial charge on any atom is 0.0543 e. The molecule has 43 heavy (non-hydrogen) atoms. The van der Waals surface area contributed by atoms with Gasteiger partial charge in [0.1, 0.15) is 0 Å². The van der Waals surface area contributed by atoms with Gasteiger partial charge >= 0.3 is 0 Å². The van der Waals surface area contributed by atoms with Crippen molar-refractivity contribution >= 4 is 17.1 Å². The summed E-state index contributed by atoms with van der Waals surface area (Å²) in [6, 6.07) is 37.3. The maximum atomic E-state index is 2.58. The molecule has 5 aromatic carbocycles. The molecule has 5 aromatic rings. The molecule has 0 saturated heterocycles. The van der Waals surface area contributed by atoms with Crippen LogP contribution < -0.4 is 4.90 Å². The zero-order valence-corrected chi connectivity index (χ0v) is 25.8. The van der Waals surface area contributed by atoms with Gasteiger partial charge in [0.05, 0.1) is 5.69 Å². The molecular weight excluding hydrogens is 518 g/mol. The fourth-order valence-electron chi connectivity index (χ4n) is 8.29. The Bertz CT molecular complexity index is 1860. The molecule has 0 bridgehead atoms. The molecule has 0 N–H and O–H groups in total. The first kappa shape index (κ1) is 26.5. The predicted molar refractivity (Wildman–Crippen MR) is 182 cm³/mol. The molecule has 0 amide bonds. The smallest absolute Gasteiger partial charge is 0.0543 e. The van der Waals surface area contributed by atoms with Gasteiger partial charge in [0, 0.05) is 22.4 Å². The summed E-state index contributed by atoms with van der Waals surface area (Å²) < 4.78 is 0. The van der Waals surface area contributed by atoms with Crippen LogP contribution in [0.4, 0.5) is 17.1 Å². The van der Waals surface area contributed by atoms with Crippen molar-refractivity contribution in [1.82, 2.24) is 0 Å². The summed E-state index contributed by atoms with van der Waals surface area (Å²) in [4.78, 5) is 2.58. The largest absolute Gasteiger partial charge is 0.310 e. The topological polar surface area (TPSA) is 3.24 Å². The average molecular weight is 560 g/mol. The Morgan fingerprint density at radius 2 is 1.19 bits per heavy atom. The standard InChI is InChI=1S/C42H41N/c1-28-24-30-15-7-8-16-31(30)25-40(28)43(32-18-5-4-6-19-32)41-27-39-36(35-21-11-12-23-38(35)42(39,2)3)26-37(41)34-22-13-17-29-14-9-10-20-33(29)34/h4-6,11-13,17-19,21-27H,7-10,14-16,20H2,1-3H3. The molecule has 0 aliphatic heterocycles. The van der Waals surface area contributed by atoms with Crippen molar-refractivity contribution in [1.29, 1.82) is 0 Å². The molecule has 1 heteroatoms. The highest BCUT2D eigenvalue weighted by Crippen LogP contribution is 2.54. The molecule has 3 aliphatic carbocycles. The lowest BCUT2D eigenvalue weighted by atomic mass is 9.80. The lowest BCUT2D eigenvalue weighted by Gasteiger charge is -2.33. The van der Waals surface area contributed by atoms with E-state index in [2.05, 4.69) is 123 Å². The number of hydrogen-bond acceptors (Lipinski definition) is 1. The molecule has 214 valence electrons. The third-order valence-electron chi connectivity index (χ3n) is 10.5. The Balaban J connectivity index is 1.45. The zero-order chi connectivity index (χ0) is 29.1. The van der Waals surface area contributed by atoms with E-state index in [0.29, 0.717) is 0 Å². The molecule has 0 atom stereocenters. The van der Waals surface area contributed by atoms with E-state index in [1.54, 1.807) is 11.1 Å². The van der Waals surface area contributed by atoms with Crippen molar-refractivity contribution in [2.75, 3.05) is 4.90 Å². The van der Waals surface area contributed by atoms with Crippen LogP contribution in [-0.4, -0.2) is 0 Å². The lowest BCUT2D eigenvalue weighted by molar-refractivity contribution is 0.660. The van der Waals surface area contributed by atoms with Gasteiger partial charge in [0.25, 0.3) is 0 Å². The van der Waals surface area contributed by atoms with E-state index in [0.717, 1.165) is 6.42 Å². The van der Waals surface area contributed by atoms with Crippen molar-refractivity contribution in [3.05, 3.63) is 136 Å². The Morgan fingerprint density at radius 3 is 2.00 bits per heavy atom. The van der Waals surface area contributed by atoms with Crippen LogP contribution in [0.15, 0.2) is 97.1 Å². The number of anilines is 3. The molecule has 3 aliphatic rings. The van der Waals surface area contributed by atoms with Gasteiger partial charge in [-0.1, -0.05) is 80.6 Å². The van der Waals surface area contributed by atoms with Crippen LogP contribution in [0.5, 0.6) is 0 Å². The van der Waals surface area contributed by atoms with Gasteiger partial charge in [-0.25, -0.2) is 0 Å². The molecule has 0 fully saturated rings. The Labute approximate surface area is 257 Å². The summed E-state index contributed by atoms with van der Waals surface area (Å²) in [5, 5.41) is 0. The molecule has 1 nitrogen and oxygen atoms in total. The van der Waals surface area contributed by atoms with Gasteiger partial charge in [-0.2, -0.15) is 0 Å². The fourth-order valence-corrected chi connectivity index (χ4v) is 8.29. The van der Waals surface area contributed by atoms with Gasteiger partial charge in [-0.3, -0.25) is 0 Å². The number of rotatable bonds is 4. The molecule has 0 spiro atoms. The van der Waals surface area contributed by atoms with Crippen LogP contribution in [0.3, 0.4) is 0 Å². The summed E-state index contributed by atoms with van der Waals surface area (Å²) in [5.41, 5.74) is 19.7. The van der Waals surface area contributed by atoms with E-state index in [1.807, 2.05) is 0 Å². The highest BCUT2D eigenvalue weighted by molar-refractivity contribution is 5.96. The van der Waals surface area contributed by atoms with E-state index < -0.39 is 0 Å². The second kappa shape index (κ2) is 10.3. The average Bonchev–Trinajstić information content (AvgIpc) is 3.27. The quantitative estimate of drug-likeness (QED) is 0.212. The van der Waals surface area contributed by atoms with Crippen molar-refractivity contribution < 1.29 is 0 Å². The molecule has 0 unspecified atom stereocenters. The highest BCUT2D eigenvalue weighted by Gasteiger charge is 2.37. The van der Waals surface area contributed by atoms with Gasteiger partial charge in [-0.05, 0) is 144 Å². The van der Waals surface area contributed by atoms with Crippen molar-refractivity contribution in [3.8, 4) is 22.3 Å². The van der Waals surface area contributed by atoms with Gasteiger partial charge < -0.3 is 4.90 Å². The number of fused-ring (bicyclic) bond motifs is 5. The summed E-state index contributed by atoms with van der Waals surface area (Å²) in [6.07, 6.45) is 9.88. The van der Waals surface area contributed by atoms with Crippen molar-refractivity contribution in [3.63, 3.8) is 0 Å². The normalized spacial score (nSPS) is 16.2. The zero-order valence-electron chi connectivity index (χ0n) is 25.8. The Kier molecular flexibility index (Phi) is 6.33. The first-order valence-electron chi connectivity index (χ1n) is 16.4. The van der Waals surface area contributed by atoms with Gasteiger partial charge in [0.2, 0.25) is 0 Å². The van der Waals surface area contributed by atoms with Crippen LogP contribution in [0.1, 0.15) is 78.5 Å². The van der Waals surface area contributed by atoms with Crippen LogP contribution in [0, 0.1) is 6.92 Å². The number of nitrogens with zero attached hydrogens (tertiary/aromatic N) is 1. The molecule has 0 radical (unpaired) electrons. The molecule has 0 heterocycles. The maximum absolute atomic E-state index is 2.58. The number of para-hydroxylation sites is 1. The van der Waals surface area contributed by atoms with Crippen molar-refractivity contribution in [2.45, 2.75) is 77.6 Å². The predicted octanol–water partition coefficient (Wildman–Crippen LogP) is 11.2. The molecule has 0 saturated carbocycles. The van der Waals surface area contributed by atoms with Crippen molar-refractivity contribution in [2.24, 2.45) is 0 Å². The summed E-state index contributed by atoms with van der Waals surface area (Å²) in [5.74, 6) is 0. The lowest BCUT2D eigenvalue weighted by Crippen LogP contribution is -2.18. The summed E-state index contributed by atoms with van der Waals surface area (Å²) in [7, 11) is 0. The minimum atomic E-state index is -0.0669. The number of aryl methyl sites for hydroxylation is 4. The van der Waals surface area contributed by atoms with E-state index in [4.69, 9.17) is 0 Å². The molecule has 8 rings (SSSR count). The van der Waals surface area contributed by atoms with Crippen LogP contribution in [0.25, 0.3) is 22.3 Å². The second-order valence-corrected chi connectivity index (χ2v) is 13.5.